The van der Waals surface area contributed by atoms with Gasteiger partial charge in [0.1, 0.15) is 6.10 Å². The molecular weight excluding hydrogens is 170 g/mol. The summed E-state index contributed by atoms with van der Waals surface area (Å²) in [4.78, 5) is 3.79. The van der Waals surface area contributed by atoms with Gasteiger partial charge in [-0.2, -0.15) is 0 Å². The van der Waals surface area contributed by atoms with Crippen molar-refractivity contribution in [3.05, 3.63) is 30.1 Å². The van der Waals surface area contributed by atoms with Crippen LogP contribution >= 0.6 is 0 Å². The first-order chi connectivity index (χ1) is 6.25. The van der Waals surface area contributed by atoms with E-state index in [0.29, 0.717) is 5.56 Å². The smallest absolute Gasteiger partial charge is 0.105 e. The second kappa shape index (κ2) is 4.91. The van der Waals surface area contributed by atoms with Crippen LogP contribution in [0.5, 0.6) is 0 Å². The molecule has 3 N–H and O–H groups in total. The minimum Gasteiger partial charge on any atom is -0.396 e. The zero-order valence-electron chi connectivity index (χ0n) is 7.17. The molecule has 0 aliphatic heterocycles. The van der Waals surface area contributed by atoms with Crippen molar-refractivity contribution in [2.45, 2.75) is 18.6 Å². The normalized spacial score (nSPS) is 15.3. The van der Waals surface area contributed by atoms with E-state index in [0.717, 1.165) is 0 Å². The lowest BCUT2D eigenvalue weighted by Gasteiger charge is -2.16. The van der Waals surface area contributed by atoms with Crippen molar-refractivity contribution in [2.24, 2.45) is 0 Å². The van der Waals surface area contributed by atoms with E-state index in [4.69, 9.17) is 5.11 Å². The molecular formula is C9H13NO3. The van der Waals surface area contributed by atoms with Crippen molar-refractivity contribution >= 4 is 0 Å². The molecule has 72 valence electrons. The van der Waals surface area contributed by atoms with Crippen molar-refractivity contribution < 1.29 is 15.3 Å². The van der Waals surface area contributed by atoms with Crippen molar-refractivity contribution in [1.82, 2.24) is 4.98 Å². The fourth-order valence-electron chi connectivity index (χ4n) is 1.07. The maximum Gasteiger partial charge on any atom is 0.105 e. The lowest BCUT2D eigenvalue weighted by atomic mass is 10.0. The molecule has 2 unspecified atom stereocenters. The summed E-state index contributed by atoms with van der Waals surface area (Å²) in [6, 6.07) is 3.26. The molecule has 1 heterocycles. The fraction of sp³-hybridized carbons (Fsp3) is 0.444. The van der Waals surface area contributed by atoms with Crippen LogP contribution in [0.1, 0.15) is 18.1 Å². The third kappa shape index (κ3) is 2.77. The van der Waals surface area contributed by atoms with Gasteiger partial charge < -0.3 is 15.3 Å². The Hall–Kier alpha value is -0.970. The molecule has 0 radical (unpaired) electrons. The van der Waals surface area contributed by atoms with E-state index >= 15 is 0 Å². The second-order valence-corrected chi connectivity index (χ2v) is 2.81. The monoisotopic (exact) mass is 183 g/mol. The SMILES string of the molecule is OCCC(O)C(O)c1ccncc1. The highest BCUT2D eigenvalue weighted by Crippen LogP contribution is 2.17. The highest BCUT2D eigenvalue weighted by atomic mass is 16.3. The minimum absolute atomic E-state index is 0.136. The zero-order chi connectivity index (χ0) is 9.68. The summed E-state index contributed by atoms with van der Waals surface area (Å²) in [7, 11) is 0. The van der Waals surface area contributed by atoms with Crippen LogP contribution < -0.4 is 0 Å². The molecule has 0 aliphatic carbocycles. The van der Waals surface area contributed by atoms with Crippen LogP contribution in [0.25, 0.3) is 0 Å². The highest BCUT2D eigenvalue weighted by molar-refractivity contribution is 5.14. The van der Waals surface area contributed by atoms with Gasteiger partial charge in [-0.05, 0) is 24.1 Å². The van der Waals surface area contributed by atoms with E-state index in [2.05, 4.69) is 4.98 Å². The Balaban J connectivity index is 2.62. The Labute approximate surface area is 76.5 Å². The molecule has 4 heteroatoms. The van der Waals surface area contributed by atoms with Crippen LogP contribution in [-0.2, 0) is 0 Å². The topological polar surface area (TPSA) is 73.6 Å². The summed E-state index contributed by atoms with van der Waals surface area (Å²) in [5.41, 5.74) is 0.607. The van der Waals surface area contributed by atoms with Crippen LogP contribution in [0.3, 0.4) is 0 Å². The number of hydrogen-bond donors (Lipinski definition) is 3. The average molecular weight is 183 g/mol. The number of nitrogens with zero attached hydrogens (tertiary/aromatic N) is 1. The molecule has 13 heavy (non-hydrogen) atoms. The third-order valence-electron chi connectivity index (χ3n) is 1.84. The minimum atomic E-state index is -0.949. The summed E-state index contributed by atoms with van der Waals surface area (Å²) in [6.07, 6.45) is 1.39. The number of rotatable bonds is 4. The van der Waals surface area contributed by atoms with Crippen LogP contribution in [0.2, 0.25) is 0 Å². The number of aliphatic hydroxyl groups is 3. The Bertz CT molecular complexity index is 240. The molecule has 0 saturated heterocycles. The lowest BCUT2D eigenvalue weighted by Crippen LogP contribution is -2.19. The first-order valence-electron chi connectivity index (χ1n) is 4.12. The Morgan fingerprint density at radius 2 is 1.85 bits per heavy atom. The quantitative estimate of drug-likeness (QED) is 0.607. The average Bonchev–Trinajstić information content (AvgIpc) is 2.18. The Morgan fingerprint density at radius 1 is 1.23 bits per heavy atom. The first-order valence-corrected chi connectivity index (χ1v) is 4.12. The summed E-state index contributed by atoms with van der Waals surface area (Å²) in [5, 5.41) is 27.4. The summed E-state index contributed by atoms with van der Waals surface area (Å²) < 4.78 is 0. The number of hydrogen-bond acceptors (Lipinski definition) is 4. The Morgan fingerprint density at radius 3 is 2.38 bits per heavy atom. The first kappa shape index (κ1) is 10.1. The standard InChI is InChI=1S/C9H13NO3/c11-6-3-8(12)9(13)7-1-4-10-5-2-7/h1-2,4-5,8-9,11-13H,3,6H2. The van der Waals surface area contributed by atoms with Gasteiger partial charge >= 0.3 is 0 Å². The molecule has 0 aromatic carbocycles. The van der Waals surface area contributed by atoms with Crippen LogP contribution in [0.4, 0.5) is 0 Å². The lowest BCUT2D eigenvalue weighted by molar-refractivity contribution is 0.00418. The van der Waals surface area contributed by atoms with E-state index in [9.17, 15) is 10.2 Å². The second-order valence-electron chi connectivity index (χ2n) is 2.81. The van der Waals surface area contributed by atoms with Gasteiger partial charge in [-0.3, -0.25) is 4.98 Å². The molecule has 4 nitrogen and oxygen atoms in total. The molecule has 1 rings (SSSR count). The van der Waals surface area contributed by atoms with Crippen molar-refractivity contribution in [1.29, 1.82) is 0 Å². The largest absolute Gasteiger partial charge is 0.396 e. The van der Waals surface area contributed by atoms with Gasteiger partial charge in [0.05, 0.1) is 6.10 Å². The number of aromatic nitrogens is 1. The predicted octanol–water partition coefficient (Wildman–Crippen LogP) is -0.142. The maximum atomic E-state index is 9.53. The maximum absolute atomic E-state index is 9.53. The number of pyridine rings is 1. The zero-order valence-corrected chi connectivity index (χ0v) is 7.17. The molecule has 0 saturated carbocycles. The fourth-order valence-corrected chi connectivity index (χ4v) is 1.07. The van der Waals surface area contributed by atoms with Gasteiger partial charge in [-0.15, -0.1) is 0 Å². The predicted molar refractivity (Wildman–Crippen MR) is 46.9 cm³/mol. The van der Waals surface area contributed by atoms with Gasteiger partial charge in [0.15, 0.2) is 0 Å². The summed E-state index contributed by atoms with van der Waals surface area (Å²) >= 11 is 0. The molecule has 1 aromatic rings. The van der Waals surface area contributed by atoms with Crippen molar-refractivity contribution in [2.75, 3.05) is 6.61 Å². The molecule has 0 spiro atoms. The highest BCUT2D eigenvalue weighted by Gasteiger charge is 2.16. The van der Waals surface area contributed by atoms with Gasteiger partial charge in [-0.1, -0.05) is 0 Å². The van der Waals surface area contributed by atoms with Crippen molar-refractivity contribution in [3.63, 3.8) is 0 Å². The number of aliphatic hydroxyl groups excluding tert-OH is 3. The van der Waals surface area contributed by atoms with Crippen molar-refractivity contribution in [3.8, 4) is 0 Å². The molecule has 0 bridgehead atoms. The van der Waals surface area contributed by atoms with E-state index in [1.807, 2.05) is 0 Å². The van der Waals surface area contributed by atoms with Crippen LogP contribution in [0.15, 0.2) is 24.5 Å². The van der Waals surface area contributed by atoms with Gasteiger partial charge in [-0.25, -0.2) is 0 Å². The molecule has 1 aromatic heterocycles. The van der Waals surface area contributed by atoms with E-state index in [1.54, 1.807) is 24.5 Å². The van der Waals surface area contributed by atoms with Gasteiger partial charge in [0.25, 0.3) is 0 Å². The third-order valence-corrected chi connectivity index (χ3v) is 1.84. The van der Waals surface area contributed by atoms with Crippen LogP contribution in [-0.4, -0.2) is 33.0 Å². The summed E-state index contributed by atoms with van der Waals surface area (Å²) in [5.74, 6) is 0. The molecule has 0 fully saturated rings. The van der Waals surface area contributed by atoms with Gasteiger partial charge in [0.2, 0.25) is 0 Å². The molecule has 0 aliphatic rings. The van der Waals surface area contributed by atoms with Crippen LogP contribution in [0, 0.1) is 0 Å². The van der Waals surface area contributed by atoms with E-state index in [-0.39, 0.29) is 13.0 Å². The van der Waals surface area contributed by atoms with E-state index < -0.39 is 12.2 Å². The van der Waals surface area contributed by atoms with Gasteiger partial charge in [0, 0.05) is 19.0 Å². The molecule has 2 atom stereocenters. The Kier molecular flexibility index (Phi) is 3.82. The van der Waals surface area contributed by atoms with E-state index in [1.165, 1.54) is 0 Å². The summed E-state index contributed by atoms with van der Waals surface area (Å²) in [6.45, 7) is -0.136. The molecule has 0 amide bonds.